The fraction of sp³-hybridized carbons (Fsp3) is 0.367. The first kappa shape index (κ1) is 43.3. The van der Waals surface area contributed by atoms with Crippen LogP contribution in [0, 0.1) is 0 Å². The quantitative estimate of drug-likeness (QED) is 0.0845. The highest BCUT2D eigenvalue weighted by Gasteiger charge is 2.54. The zero-order valence-corrected chi connectivity index (χ0v) is 34.0. The molecule has 2 heterocycles. The second-order valence-electron chi connectivity index (χ2n) is 15.0. The molecule has 10 atom stereocenters. The monoisotopic (exact) mass is 818 g/mol. The summed E-state index contributed by atoms with van der Waals surface area (Å²) >= 11 is 0. The SMILES string of the molecule is CC(=O)O[C@@H]1[C@H](O[C@@H]2O[C@H](COCc3ccccc3)[C@@H](OCc3ccccc3)[C@H](OCc3ccccc3)[C@H]2OCc2ccccc2)[C@@H](OCc2ccccc2)[C@H](C)O[C@H]1O. The van der Waals surface area contributed by atoms with E-state index >= 15 is 0 Å². The number of aliphatic hydroxyl groups excluding tert-OH is 1. The summed E-state index contributed by atoms with van der Waals surface area (Å²) in [4.78, 5) is 12.6. The van der Waals surface area contributed by atoms with Crippen molar-refractivity contribution in [1.82, 2.24) is 0 Å². The van der Waals surface area contributed by atoms with E-state index in [-0.39, 0.29) is 33.0 Å². The van der Waals surface area contributed by atoms with Gasteiger partial charge in [-0.05, 0) is 34.7 Å². The zero-order chi connectivity index (χ0) is 41.5. The molecule has 2 fully saturated rings. The fourth-order valence-electron chi connectivity index (χ4n) is 7.47. The molecule has 2 aliphatic rings. The molecule has 0 unspecified atom stereocenters. The fourth-order valence-corrected chi connectivity index (χ4v) is 7.47. The van der Waals surface area contributed by atoms with Gasteiger partial charge in [-0.25, -0.2) is 0 Å². The third kappa shape index (κ3) is 12.2. The highest BCUT2D eigenvalue weighted by Crippen LogP contribution is 2.36. The number of hydrogen-bond acceptors (Lipinski definition) is 11. The predicted molar refractivity (Wildman–Crippen MR) is 222 cm³/mol. The number of hydrogen-bond donors (Lipinski definition) is 1. The van der Waals surface area contributed by atoms with Crippen molar-refractivity contribution >= 4 is 5.97 Å². The van der Waals surface area contributed by atoms with E-state index in [9.17, 15) is 9.90 Å². The molecule has 1 N–H and O–H groups in total. The maximum Gasteiger partial charge on any atom is 0.303 e. The molecule has 0 aliphatic carbocycles. The van der Waals surface area contributed by atoms with Crippen LogP contribution in [0.5, 0.6) is 0 Å². The molecule has 7 rings (SSSR count). The lowest BCUT2D eigenvalue weighted by Gasteiger charge is -2.49. The standard InChI is InChI=1S/C49H54O11/c1-34-42(53-29-37-20-10-4-11-21-37)45(46(48(51)57-34)58-35(2)50)60-49-47(56-32-40-26-16-7-17-27-40)44(55-31-39-24-14-6-15-25-39)43(54-30-38-22-12-5-13-23-38)41(59-49)33-52-28-36-18-8-3-9-19-36/h3-27,34,41-49,51H,28-33H2,1-2H3/t34-,41+,42-,43+,44-,45+,46+,47+,48+,49-/m0/s1. The molecular weight excluding hydrogens is 765 g/mol. The molecule has 0 spiro atoms. The largest absolute Gasteiger partial charge is 0.454 e. The lowest BCUT2D eigenvalue weighted by Crippen LogP contribution is -2.66. The van der Waals surface area contributed by atoms with Crippen LogP contribution < -0.4 is 0 Å². The molecule has 60 heavy (non-hydrogen) atoms. The number of carbonyl (C=O) groups is 1. The van der Waals surface area contributed by atoms with Gasteiger partial charge in [0.05, 0.1) is 45.7 Å². The molecule has 0 amide bonds. The Morgan fingerprint density at radius 3 is 1.35 bits per heavy atom. The van der Waals surface area contributed by atoms with Crippen LogP contribution in [0.2, 0.25) is 0 Å². The van der Waals surface area contributed by atoms with Crippen LogP contribution in [0.15, 0.2) is 152 Å². The van der Waals surface area contributed by atoms with Crippen molar-refractivity contribution in [2.75, 3.05) is 6.61 Å². The van der Waals surface area contributed by atoms with Gasteiger partial charge in [-0.1, -0.05) is 152 Å². The molecule has 11 heteroatoms. The van der Waals surface area contributed by atoms with Crippen molar-refractivity contribution < 1.29 is 52.5 Å². The molecule has 0 bridgehead atoms. The minimum Gasteiger partial charge on any atom is -0.454 e. The molecule has 5 aromatic rings. The Kier molecular flexibility index (Phi) is 16.0. The smallest absolute Gasteiger partial charge is 0.303 e. The van der Waals surface area contributed by atoms with Gasteiger partial charge in [-0.2, -0.15) is 0 Å². The lowest BCUT2D eigenvalue weighted by molar-refractivity contribution is -0.369. The van der Waals surface area contributed by atoms with E-state index in [4.69, 9.17) is 42.6 Å². The minimum atomic E-state index is -1.52. The molecule has 2 aliphatic heterocycles. The molecule has 0 radical (unpaired) electrons. The van der Waals surface area contributed by atoms with Crippen LogP contribution in [0.1, 0.15) is 41.7 Å². The highest BCUT2D eigenvalue weighted by molar-refractivity contribution is 5.66. The van der Waals surface area contributed by atoms with Crippen molar-refractivity contribution in [1.29, 1.82) is 0 Å². The van der Waals surface area contributed by atoms with Crippen molar-refractivity contribution in [3.05, 3.63) is 179 Å². The summed E-state index contributed by atoms with van der Waals surface area (Å²) in [6.45, 7) is 4.38. The summed E-state index contributed by atoms with van der Waals surface area (Å²) in [7, 11) is 0. The zero-order valence-electron chi connectivity index (χ0n) is 34.0. The number of esters is 1. The molecule has 0 saturated carbocycles. The first-order valence-corrected chi connectivity index (χ1v) is 20.5. The molecule has 11 nitrogen and oxygen atoms in total. The Morgan fingerprint density at radius 2 is 0.900 bits per heavy atom. The number of benzene rings is 5. The summed E-state index contributed by atoms with van der Waals surface area (Å²) in [5.74, 6) is -0.625. The van der Waals surface area contributed by atoms with E-state index in [2.05, 4.69) is 0 Å². The topological polar surface area (TPSA) is 120 Å². The van der Waals surface area contributed by atoms with Crippen LogP contribution in [0.3, 0.4) is 0 Å². The summed E-state index contributed by atoms with van der Waals surface area (Å²) in [5, 5.41) is 11.3. The summed E-state index contributed by atoms with van der Waals surface area (Å²) in [6.07, 6.45) is -9.67. The third-order valence-corrected chi connectivity index (χ3v) is 10.5. The van der Waals surface area contributed by atoms with Gasteiger partial charge in [0.25, 0.3) is 0 Å². The maximum atomic E-state index is 12.6. The van der Waals surface area contributed by atoms with Crippen molar-refractivity contribution in [3.63, 3.8) is 0 Å². The lowest BCUT2D eigenvalue weighted by atomic mass is 9.96. The number of aliphatic hydroxyl groups is 1. The average Bonchev–Trinajstić information content (AvgIpc) is 3.27. The molecule has 0 aromatic heterocycles. The van der Waals surface area contributed by atoms with Crippen LogP contribution >= 0.6 is 0 Å². The Bertz CT molecular complexity index is 1970. The van der Waals surface area contributed by atoms with Gasteiger partial charge < -0.3 is 47.7 Å². The van der Waals surface area contributed by atoms with E-state index in [1.54, 1.807) is 6.92 Å². The Hall–Kier alpha value is -4.79. The Morgan fingerprint density at radius 1 is 0.500 bits per heavy atom. The van der Waals surface area contributed by atoms with Gasteiger partial charge in [-0.15, -0.1) is 0 Å². The van der Waals surface area contributed by atoms with Gasteiger partial charge in [0.2, 0.25) is 0 Å². The summed E-state index contributed by atoms with van der Waals surface area (Å²) in [6, 6.07) is 49.1. The number of ether oxygens (including phenoxy) is 9. The Balaban J connectivity index is 1.26. The third-order valence-electron chi connectivity index (χ3n) is 10.5. The van der Waals surface area contributed by atoms with E-state index < -0.39 is 67.4 Å². The van der Waals surface area contributed by atoms with Gasteiger partial charge in [0, 0.05) is 6.92 Å². The number of rotatable bonds is 19. The van der Waals surface area contributed by atoms with E-state index in [0.29, 0.717) is 6.61 Å². The maximum absolute atomic E-state index is 12.6. The molecule has 5 aromatic carbocycles. The minimum absolute atomic E-state index is 0.110. The molecule has 2 saturated heterocycles. The molecular formula is C49H54O11. The number of carbonyl (C=O) groups excluding carboxylic acids is 1. The van der Waals surface area contributed by atoms with Gasteiger partial charge >= 0.3 is 5.97 Å². The van der Waals surface area contributed by atoms with Crippen molar-refractivity contribution in [2.24, 2.45) is 0 Å². The van der Waals surface area contributed by atoms with Crippen molar-refractivity contribution in [3.8, 4) is 0 Å². The first-order valence-electron chi connectivity index (χ1n) is 20.5. The van der Waals surface area contributed by atoms with Gasteiger partial charge in [0.1, 0.15) is 36.6 Å². The summed E-state index contributed by atoms with van der Waals surface area (Å²) in [5.41, 5.74) is 4.76. The van der Waals surface area contributed by atoms with E-state index in [0.717, 1.165) is 27.8 Å². The molecule has 316 valence electrons. The Labute approximate surface area is 352 Å². The highest BCUT2D eigenvalue weighted by atomic mass is 16.7. The van der Waals surface area contributed by atoms with Crippen LogP contribution in [0.4, 0.5) is 0 Å². The normalized spacial score (nSPS) is 26.6. The van der Waals surface area contributed by atoms with Crippen LogP contribution in [-0.2, 0) is 80.5 Å². The second-order valence-corrected chi connectivity index (χ2v) is 15.0. The van der Waals surface area contributed by atoms with Crippen molar-refractivity contribution in [2.45, 2.75) is 108 Å². The van der Waals surface area contributed by atoms with Crippen LogP contribution in [0.25, 0.3) is 0 Å². The summed E-state index contributed by atoms with van der Waals surface area (Å²) < 4.78 is 59.0. The van der Waals surface area contributed by atoms with E-state index in [1.165, 1.54) is 6.92 Å². The predicted octanol–water partition coefficient (Wildman–Crippen LogP) is 7.32. The van der Waals surface area contributed by atoms with Gasteiger partial charge in [-0.3, -0.25) is 4.79 Å². The van der Waals surface area contributed by atoms with Gasteiger partial charge in [0.15, 0.2) is 18.7 Å². The first-order chi connectivity index (χ1) is 29.4. The second kappa shape index (κ2) is 22.2. The average molecular weight is 819 g/mol. The van der Waals surface area contributed by atoms with Crippen LogP contribution in [-0.4, -0.2) is 79.1 Å². The van der Waals surface area contributed by atoms with E-state index in [1.807, 2.05) is 152 Å².